The number of hydrogen-bond donors (Lipinski definition) is 2. The molecule has 0 atom stereocenters. The standard InChI is InChI=1S/C15H19N3O5S/c1-18(9-14(19)16-10-4-2-3-5-10)24(21,22)11-6-7-12-13(8-11)23-15(20)17-12/h6-8,10H,2-5,9H2,1H3,(H,16,19)(H,17,20). The number of carbonyl (C=O) groups is 1. The summed E-state index contributed by atoms with van der Waals surface area (Å²) in [7, 11) is -2.51. The monoisotopic (exact) mass is 353 g/mol. The Morgan fingerprint density at radius 2 is 2.08 bits per heavy atom. The molecule has 0 radical (unpaired) electrons. The molecule has 1 fully saturated rings. The van der Waals surface area contributed by atoms with E-state index in [4.69, 9.17) is 4.42 Å². The molecule has 8 nitrogen and oxygen atoms in total. The van der Waals surface area contributed by atoms with E-state index >= 15 is 0 Å². The minimum absolute atomic E-state index is 0.0334. The second-order valence-electron chi connectivity index (χ2n) is 5.98. The van der Waals surface area contributed by atoms with Crippen LogP contribution in [0.4, 0.5) is 0 Å². The highest BCUT2D eigenvalue weighted by atomic mass is 32.2. The fourth-order valence-corrected chi connectivity index (χ4v) is 4.04. The van der Waals surface area contributed by atoms with Crippen LogP contribution in [0.1, 0.15) is 25.7 Å². The Bertz CT molecular complexity index is 909. The molecule has 1 amide bonds. The highest BCUT2D eigenvalue weighted by Gasteiger charge is 2.25. The highest BCUT2D eigenvalue weighted by Crippen LogP contribution is 2.20. The largest absolute Gasteiger partial charge is 0.417 e. The van der Waals surface area contributed by atoms with Crippen molar-refractivity contribution in [1.29, 1.82) is 0 Å². The predicted octanol–water partition coefficient (Wildman–Crippen LogP) is 0.800. The summed E-state index contributed by atoms with van der Waals surface area (Å²) in [6.07, 6.45) is 4.04. The number of aromatic nitrogens is 1. The number of rotatable bonds is 5. The molecule has 1 aromatic carbocycles. The maximum Gasteiger partial charge on any atom is 0.417 e. The number of nitrogens with zero attached hydrogens (tertiary/aromatic N) is 1. The number of hydrogen-bond acceptors (Lipinski definition) is 5. The summed E-state index contributed by atoms with van der Waals surface area (Å²) in [5, 5.41) is 2.86. The molecule has 0 unspecified atom stereocenters. The number of fused-ring (bicyclic) bond motifs is 1. The van der Waals surface area contributed by atoms with Crippen molar-refractivity contribution in [3.8, 4) is 0 Å². The third-order valence-electron chi connectivity index (χ3n) is 4.19. The highest BCUT2D eigenvalue weighted by molar-refractivity contribution is 7.89. The Hall–Kier alpha value is -2.13. The van der Waals surface area contributed by atoms with Gasteiger partial charge in [-0.05, 0) is 25.0 Å². The third kappa shape index (κ3) is 3.36. The summed E-state index contributed by atoms with van der Waals surface area (Å²) in [6.45, 7) is -0.256. The van der Waals surface area contributed by atoms with Crippen molar-refractivity contribution in [2.75, 3.05) is 13.6 Å². The van der Waals surface area contributed by atoms with Crippen LogP contribution in [0.15, 0.2) is 32.3 Å². The molecular weight excluding hydrogens is 334 g/mol. The second-order valence-corrected chi connectivity index (χ2v) is 8.03. The van der Waals surface area contributed by atoms with Gasteiger partial charge in [0.05, 0.1) is 17.0 Å². The van der Waals surface area contributed by atoms with Gasteiger partial charge in [0, 0.05) is 19.2 Å². The summed E-state index contributed by atoms with van der Waals surface area (Å²) in [4.78, 5) is 25.6. The molecule has 1 aromatic heterocycles. The van der Waals surface area contributed by atoms with Gasteiger partial charge in [0.2, 0.25) is 15.9 Å². The number of sulfonamides is 1. The van der Waals surface area contributed by atoms with Crippen LogP contribution in [0.25, 0.3) is 11.1 Å². The van der Waals surface area contributed by atoms with E-state index in [1.54, 1.807) is 0 Å². The van der Waals surface area contributed by atoms with Gasteiger partial charge in [-0.2, -0.15) is 4.31 Å². The van der Waals surface area contributed by atoms with E-state index in [2.05, 4.69) is 10.3 Å². The van der Waals surface area contributed by atoms with Gasteiger partial charge in [-0.15, -0.1) is 0 Å². The van der Waals surface area contributed by atoms with Crippen molar-refractivity contribution in [3.63, 3.8) is 0 Å². The Balaban J connectivity index is 1.74. The molecule has 1 aliphatic carbocycles. The smallest absolute Gasteiger partial charge is 0.408 e. The molecule has 0 aliphatic heterocycles. The zero-order chi connectivity index (χ0) is 17.3. The topological polar surface area (TPSA) is 112 Å². The van der Waals surface area contributed by atoms with E-state index < -0.39 is 15.8 Å². The zero-order valence-corrected chi connectivity index (χ0v) is 14.1. The first kappa shape index (κ1) is 16.7. The van der Waals surface area contributed by atoms with E-state index in [0.29, 0.717) is 5.52 Å². The fourth-order valence-electron chi connectivity index (χ4n) is 2.90. The maximum absolute atomic E-state index is 12.6. The molecule has 9 heteroatoms. The quantitative estimate of drug-likeness (QED) is 0.826. The molecule has 0 bridgehead atoms. The minimum atomic E-state index is -3.85. The maximum atomic E-state index is 12.6. The van der Waals surface area contributed by atoms with Crippen LogP contribution >= 0.6 is 0 Å². The van der Waals surface area contributed by atoms with Gasteiger partial charge in [0.15, 0.2) is 5.58 Å². The first-order chi connectivity index (χ1) is 11.4. The lowest BCUT2D eigenvalue weighted by Crippen LogP contribution is -2.41. The number of carbonyl (C=O) groups excluding carboxylic acids is 1. The molecule has 2 aromatic rings. The molecule has 0 saturated heterocycles. The van der Waals surface area contributed by atoms with Gasteiger partial charge in [-0.25, -0.2) is 13.2 Å². The first-order valence-electron chi connectivity index (χ1n) is 7.75. The van der Waals surface area contributed by atoms with E-state index in [1.807, 2.05) is 0 Å². The van der Waals surface area contributed by atoms with Crippen LogP contribution < -0.4 is 11.1 Å². The summed E-state index contributed by atoms with van der Waals surface area (Å²) < 4.78 is 31.0. The van der Waals surface area contributed by atoms with Crippen LogP contribution in [0.3, 0.4) is 0 Å². The van der Waals surface area contributed by atoms with Crippen LogP contribution in [0, 0.1) is 0 Å². The molecule has 2 N–H and O–H groups in total. The van der Waals surface area contributed by atoms with Crippen molar-refractivity contribution < 1.29 is 17.6 Å². The average molecular weight is 353 g/mol. The fraction of sp³-hybridized carbons (Fsp3) is 0.467. The van der Waals surface area contributed by atoms with Crippen LogP contribution in [-0.4, -0.2) is 43.2 Å². The summed E-state index contributed by atoms with van der Waals surface area (Å²) >= 11 is 0. The zero-order valence-electron chi connectivity index (χ0n) is 13.2. The van der Waals surface area contributed by atoms with E-state index in [9.17, 15) is 18.0 Å². The van der Waals surface area contributed by atoms with E-state index in [1.165, 1.54) is 25.2 Å². The second kappa shape index (κ2) is 6.40. The Morgan fingerprint density at radius 3 is 2.79 bits per heavy atom. The van der Waals surface area contributed by atoms with Crippen molar-refractivity contribution in [2.24, 2.45) is 0 Å². The third-order valence-corrected chi connectivity index (χ3v) is 5.99. The van der Waals surface area contributed by atoms with Gasteiger partial charge in [0.25, 0.3) is 0 Å². The van der Waals surface area contributed by atoms with Crippen molar-refractivity contribution in [1.82, 2.24) is 14.6 Å². The first-order valence-corrected chi connectivity index (χ1v) is 9.19. The van der Waals surface area contributed by atoms with Gasteiger partial charge in [-0.3, -0.25) is 9.78 Å². The summed E-state index contributed by atoms with van der Waals surface area (Å²) in [6, 6.07) is 4.24. The van der Waals surface area contributed by atoms with Crippen LogP contribution in [0.5, 0.6) is 0 Å². The number of nitrogens with one attached hydrogen (secondary N) is 2. The normalized spacial score (nSPS) is 16.1. The van der Waals surface area contributed by atoms with E-state index in [0.717, 1.165) is 30.0 Å². The summed E-state index contributed by atoms with van der Waals surface area (Å²) in [5.74, 6) is -0.967. The van der Waals surface area contributed by atoms with Crippen molar-refractivity contribution >= 4 is 27.0 Å². The number of amides is 1. The van der Waals surface area contributed by atoms with Crippen molar-refractivity contribution in [2.45, 2.75) is 36.6 Å². The Labute approximate surface area is 138 Å². The molecular formula is C15H19N3O5S. The predicted molar refractivity (Wildman–Crippen MR) is 87.0 cm³/mol. The molecule has 1 saturated carbocycles. The van der Waals surface area contributed by atoms with Crippen LogP contribution in [-0.2, 0) is 14.8 Å². The minimum Gasteiger partial charge on any atom is -0.408 e. The lowest BCUT2D eigenvalue weighted by Gasteiger charge is -2.18. The van der Waals surface area contributed by atoms with Crippen molar-refractivity contribution in [3.05, 3.63) is 28.7 Å². The SMILES string of the molecule is CN(CC(=O)NC1CCCC1)S(=O)(=O)c1ccc2[nH]c(=O)oc2c1. The number of H-pyrrole nitrogens is 1. The molecule has 1 aliphatic rings. The van der Waals surface area contributed by atoms with E-state index in [-0.39, 0.29) is 29.0 Å². The van der Waals surface area contributed by atoms with Gasteiger partial charge in [-0.1, -0.05) is 12.8 Å². The van der Waals surface area contributed by atoms with Gasteiger partial charge >= 0.3 is 5.76 Å². The molecule has 130 valence electrons. The Morgan fingerprint density at radius 1 is 1.38 bits per heavy atom. The number of oxazole rings is 1. The molecule has 1 heterocycles. The van der Waals surface area contributed by atoms with Crippen LogP contribution in [0.2, 0.25) is 0 Å². The molecule has 3 rings (SSSR count). The lowest BCUT2D eigenvalue weighted by molar-refractivity contribution is -0.121. The number of benzene rings is 1. The number of aromatic amines is 1. The van der Waals surface area contributed by atoms with Gasteiger partial charge < -0.3 is 9.73 Å². The summed E-state index contributed by atoms with van der Waals surface area (Å²) in [5.41, 5.74) is 0.575. The lowest BCUT2D eigenvalue weighted by atomic mass is 10.2. The molecule has 0 spiro atoms. The molecule has 24 heavy (non-hydrogen) atoms. The number of likely N-dealkylation sites (N-methyl/N-ethyl adjacent to an activating group) is 1. The van der Waals surface area contributed by atoms with Gasteiger partial charge in [0.1, 0.15) is 0 Å². The average Bonchev–Trinajstić information content (AvgIpc) is 3.14. The Kier molecular flexibility index (Phi) is 4.46.